The summed E-state index contributed by atoms with van der Waals surface area (Å²) in [6, 6.07) is 3.50. The highest BCUT2D eigenvalue weighted by atomic mass is 79.9. The maximum atomic E-state index is 5.40. The van der Waals surface area contributed by atoms with E-state index >= 15 is 0 Å². The predicted octanol–water partition coefficient (Wildman–Crippen LogP) is 1.42. The third kappa shape index (κ3) is 1.44. The molecule has 0 atom stereocenters. The van der Waals surface area contributed by atoms with Crippen molar-refractivity contribution in [3.63, 3.8) is 0 Å². The molecule has 13 heavy (non-hydrogen) atoms. The van der Waals surface area contributed by atoms with Gasteiger partial charge < -0.3 is 10.3 Å². The van der Waals surface area contributed by atoms with Crippen molar-refractivity contribution >= 4 is 21.8 Å². The Hall–Kier alpha value is -1.30. The van der Waals surface area contributed by atoms with Crippen molar-refractivity contribution in [1.82, 2.24) is 14.9 Å². The van der Waals surface area contributed by atoms with Crippen LogP contribution in [0.3, 0.4) is 0 Å². The van der Waals surface area contributed by atoms with Gasteiger partial charge in [-0.25, -0.2) is 0 Å². The molecular formula is C7H7BrN4O. The lowest BCUT2D eigenvalue weighted by Gasteiger charge is -1.93. The highest BCUT2D eigenvalue weighted by molar-refractivity contribution is 9.10. The van der Waals surface area contributed by atoms with Crippen LogP contribution in [0.5, 0.6) is 0 Å². The van der Waals surface area contributed by atoms with E-state index in [4.69, 9.17) is 10.3 Å². The summed E-state index contributed by atoms with van der Waals surface area (Å²) in [4.78, 5) is 0. The number of anilines is 1. The average molecular weight is 243 g/mol. The van der Waals surface area contributed by atoms with Crippen molar-refractivity contribution in [3.8, 4) is 11.4 Å². The molecule has 6 heteroatoms. The van der Waals surface area contributed by atoms with Crippen LogP contribution in [0.25, 0.3) is 11.4 Å². The fourth-order valence-electron chi connectivity index (χ4n) is 1.08. The fourth-order valence-corrected chi connectivity index (χ4v) is 1.54. The predicted molar refractivity (Wildman–Crippen MR) is 50.8 cm³/mol. The largest absolute Gasteiger partial charge is 0.368 e. The van der Waals surface area contributed by atoms with Gasteiger partial charge in [-0.3, -0.25) is 4.68 Å². The number of aryl methyl sites for hydroxylation is 1. The number of hydrogen-bond acceptors (Lipinski definition) is 4. The van der Waals surface area contributed by atoms with Gasteiger partial charge in [0.1, 0.15) is 10.3 Å². The van der Waals surface area contributed by atoms with Crippen LogP contribution < -0.4 is 5.73 Å². The molecule has 0 saturated carbocycles. The Bertz CT molecular complexity index is 433. The number of aromatic nitrogens is 3. The van der Waals surface area contributed by atoms with E-state index in [-0.39, 0.29) is 0 Å². The Balaban J connectivity index is 2.51. The van der Waals surface area contributed by atoms with Gasteiger partial charge in [0, 0.05) is 19.2 Å². The van der Waals surface area contributed by atoms with E-state index in [0.717, 1.165) is 10.3 Å². The van der Waals surface area contributed by atoms with Crippen molar-refractivity contribution in [2.45, 2.75) is 0 Å². The lowest BCUT2D eigenvalue weighted by molar-refractivity contribution is 0.438. The third-order valence-electron chi connectivity index (χ3n) is 1.64. The Kier molecular flexibility index (Phi) is 1.84. The van der Waals surface area contributed by atoms with Crippen molar-refractivity contribution in [3.05, 3.63) is 16.7 Å². The molecule has 0 aromatic carbocycles. The summed E-state index contributed by atoms with van der Waals surface area (Å²) in [5, 5.41) is 7.89. The monoisotopic (exact) mass is 242 g/mol. The summed E-state index contributed by atoms with van der Waals surface area (Å²) in [6.45, 7) is 0. The van der Waals surface area contributed by atoms with Crippen LogP contribution in [0.1, 0.15) is 0 Å². The minimum atomic E-state index is 0.298. The standard InChI is InChI=1S/C7H7BrN4O/c1-12-5(3-6(8)10-12)4-2-7(9)13-11-4/h2-3H,9H2,1H3. The van der Waals surface area contributed by atoms with Gasteiger partial charge in [0.15, 0.2) is 0 Å². The highest BCUT2D eigenvalue weighted by Gasteiger charge is 2.09. The molecule has 0 unspecified atom stereocenters. The van der Waals surface area contributed by atoms with E-state index in [1.807, 2.05) is 13.1 Å². The van der Waals surface area contributed by atoms with Gasteiger partial charge in [-0.2, -0.15) is 5.10 Å². The van der Waals surface area contributed by atoms with E-state index in [1.165, 1.54) is 0 Å². The van der Waals surface area contributed by atoms with Crippen molar-refractivity contribution in [1.29, 1.82) is 0 Å². The molecule has 68 valence electrons. The maximum absolute atomic E-state index is 5.40. The molecule has 2 aromatic heterocycles. The van der Waals surface area contributed by atoms with Crippen LogP contribution in [0.2, 0.25) is 0 Å². The number of hydrogen-bond donors (Lipinski definition) is 1. The second kappa shape index (κ2) is 2.88. The molecule has 0 amide bonds. The fraction of sp³-hybridized carbons (Fsp3) is 0.143. The van der Waals surface area contributed by atoms with E-state index in [1.54, 1.807) is 10.7 Å². The normalized spacial score (nSPS) is 10.6. The van der Waals surface area contributed by atoms with Crippen LogP contribution in [0.15, 0.2) is 21.3 Å². The summed E-state index contributed by atoms with van der Waals surface area (Å²) < 4.78 is 7.21. The minimum Gasteiger partial charge on any atom is -0.368 e. The van der Waals surface area contributed by atoms with Gasteiger partial charge in [0.25, 0.3) is 0 Å². The van der Waals surface area contributed by atoms with Gasteiger partial charge in [-0.15, -0.1) is 0 Å². The van der Waals surface area contributed by atoms with Crippen molar-refractivity contribution in [2.75, 3.05) is 5.73 Å². The first kappa shape index (κ1) is 8.31. The zero-order valence-electron chi connectivity index (χ0n) is 6.86. The first-order valence-electron chi connectivity index (χ1n) is 3.59. The zero-order valence-corrected chi connectivity index (χ0v) is 8.45. The van der Waals surface area contributed by atoms with Gasteiger partial charge >= 0.3 is 0 Å². The van der Waals surface area contributed by atoms with Gasteiger partial charge in [-0.05, 0) is 15.9 Å². The van der Waals surface area contributed by atoms with Crippen LogP contribution in [-0.4, -0.2) is 14.9 Å². The number of rotatable bonds is 1. The lowest BCUT2D eigenvalue weighted by atomic mass is 10.3. The van der Waals surface area contributed by atoms with E-state index in [9.17, 15) is 0 Å². The molecule has 2 rings (SSSR count). The molecular weight excluding hydrogens is 236 g/mol. The number of nitrogens with two attached hydrogens (primary N) is 1. The summed E-state index contributed by atoms with van der Waals surface area (Å²) in [7, 11) is 1.82. The van der Waals surface area contributed by atoms with Crippen molar-refractivity contribution < 1.29 is 4.52 Å². The second-order valence-electron chi connectivity index (χ2n) is 2.59. The summed E-state index contributed by atoms with van der Waals surface area (Å²) in [5.74, 6) is 0.298. The SMILES string of the molecule is Cn1nc(Br)cc1-c1cc(N)on1. The second-order valence-corrected chi connectivity index (χ2v) is 3.40. The molecule has 2 aromatic rings. The van der Waals surface area contributed by atoms with Crippen LogP contribution >= 0.6 is 15.9 Å². The van der Waals surface area contributed by atoms with Crippen LogP contribution in [-0.2, 0) is 7.05 Å². The minimum absolute atomic E-state index is 0.298. The molecule has 2 N–H and O–H groups in total. The molecule has 0 fully saturated rings. The molecule has 5 nitrogen and oxygen atoms in total. The average Bonchev–Trinajstić information content (AvgIpc) is 2.58. The summed E-state index contributed by atoms with van der Waals surface area (Å²) >= 11 is 3.27. The first-order valence-corrected chi connectivity index (χ1v) is 4.38. The smallest absolute Gasteiger partial charge is 0.222 e. The molecule has 0 spiro atoms. The van der Waals surface area contributed by atoms with E-state index in [0.29, 0.717) is 11.6 Å². The van der Waals surface area contributed by atoms with Crippen LogP contribution in [0.4, 0.5) is 5.88 Å². The Morgan fingerprint density at radius 2 is 2.31 bits per heavy atom. The van der Waals surface area contributed by atoms with E-state index in [2.05, 4.69) is 26.2 Å². The topological polar surface area (TPSA) is 69.9 Å². The molecule has 0 radical (unpaired) electrons. The molecule has 0 aliphatic carbocycles. The Morgan fingerprint density at radius 3 is 2.77 bits per heavy atom. The Morgan fingerprint density at radius 1 is 1.54 bits per heavy atom. The quantitative estimate of drug-likeness (QED) is 0.822. The van der Waals surface area contributed by atoms with Gasteiger partial charge in [0.2, 0.25) is 5.88 Å². The number of nitrogen functional groups attached to an aromatic ring is 1. The molecule has 2 heterocycles. The van der Waals surface area contributed by atoms with Crippen LogP contribution in [0, 0.1) is 0 Å². The lowest BCUT2D eigenvalue weighted by Crippen LogP contribution is -1.93. The van der Waals surface area contributed by atoms with Crippen molar-refractivity contribution in [2.24, 2.45) is 7.05 Å². The molecule has 0 aliphatic rings. The van der Waals surface area contributed by atoms with E-state index < -0.39 is 0 Å². The molecule has 0 aliphatic heterocycles. The van der Waals surface area contributed by atoms with Gasteiger partial charge in [0.05, 0.1) is 5.69 Å². The maximum Gasteiger partial charge on any atom is 0.222 e. The summed E-state index contributed by atoms with van der Waals surface area (Å²) in [6.07, 6.45) is 0. The first-order chi connectivity index (χ1) is 6.16. The zero-order chi connectivity index (χ0) is 9.42. The number of nitrogens with zero attached hydrogens (tertiary/aromatic N) is 3. The van der Waals surface area contributed by atoms with Gasteiger partial charge in [-0.1, -0.05) is 5.16 Å². The number of halogens is 1. The summed E-state index contributed by atoms with van der Waals surface area (Å²) in [5.41, 5.74) is 6.94. The molecule has 0 saturated heterocycles. The molecule has 0 bridgehead atoms. The Labute approximate surface area is 82.6 Å². The highest BCUT2D eigenvalue weighted by Crippen LogP contribution is 2.22. The third-order valence-corrected chi connectivity index (χ3v) is 2.03.